The van der Waals surface area contributed by atoms with Gasteiger partial charge in [0.25, 0.3) is 0 Å². The molecule has 0 unspecified atom stereocenters. The second-order valence-corrected chi connectivity index (χ2v) is 5.79. The second kappa shape index (κ2) is 5.96. The molecule has 2 nitrogen and oxygen atoms in total. The molecule has 1 aliphatic rings. The highest BCUT2D eigenvalue weighted by molar-refractivity contribution is 5.84. The molecule has 1 aromatic carbocycles. The van der Waals surface area contributed by atoms with Crippen molar-refractivity contribution in [3.8, 4) is 0 Å². The molecule has 20 heavy (non-hydrogen) atoms. The highest BCUT2D eigenvalue weighted by Gasteiger charge is 2.14. The number of hydrogen-bond acceptors (Lipinski definition) is 1. The van der Waals surface area contributed by atoms with Crippen LogP contribution < -0.4 is 0 Å². The zero-order valence-electron chi connectivity index (χ0n) is 12.2. The van der Waals surface area contributed by atoms with Crippen molar-refractivity contribution in [1.29, 1.82) is 0 Å². The van der Waals surface area contributed by atoms with E-state index < -0.39 is 0 Å². The first-order valence-electron chi connectivity index (χ1n) is 7.77. The predicted octanol–water partition coefficient (Wildman–Crippen LogP) is 4.18. The van der Waals surface area contributed by atoms with Crippen LogP contribution in [-0.4, -0.2) is 22.6 Å². The fourth-order valence-electron chi connectivity index (χ4n) is 3.26. The van der Waals surface area contributed by atoms with Crippen molar-refractivity contribution in [3.63, 3.8) is 0 Å². The average Bonchev–Trinajstić information content (AvgIpc) is 2.63. The molecule has 0 aliphatic carbocycles. The highest BCUT2D eigenvalue weighted by atomic mass is 19.1. The first kappa shape index (κ1) is 13.6. The topological polar surface area (TPSA) is 8.17 Å². The number of nitrogens with zero attached hydrogens (tertiary/aromatic N) is 2. The number of benzene rings is 1. The third-order valence-corrected chi connectivity index (χ3v) is 4.36. The molecule has 0 N–H and O–H groups in total. The summed E-state index contributed by atoms with van der Waals surface area (Å²) in [5, 5.41) is 1.21. The van der Waals surface area contributed by atoms with E-state index in [1.165, 1.54) is 49.7 Å². The van der Waals surface area contributed by atoms with Gasteiger partial charge in [0.15, 0.2) is 0 Å². The van der Waals surface area contributed by atoms with Crippen LogP contribution in [-0.2, 0) is 13.1 Å². The number of aromatic nitrogens is 1. The van der Waals surface area contributed by atoms with Crippen molar-refractivity contribution < 1.29 is 4.39 Å². The molecule has 0 saturated carbocycles. The first-order valence-corrected chi connectivity index (χ1v) is 7.77. The normalized spacial score (nSPS) is 17.5. The average molecular weight is 274 g/mol. The van der Waals surface area contributed by atoms with Gasteiger partial charge in [0, 0.05) is 24.7 Å². The Morgan fingerprint density at radius 3 is 2.55 bits per heavy atom. The van der Waals surface area contributed by atoms with Crippen LogP contribution in [0.4, 0.5) is 4.39 Å². The van der Waals surface area contributed by atoms with Crippen molar-refractivity contribution in [2.45, 2.75) is 45.7 Å². The van der Waals surface area contributed by atoms with Gasteiger partial charge in [-0.15, -0.1) is 0 Å². The molecule has 108 valence electrons. The van der Waals surface area contributed by atoms with Crippen molar-refractivity contribution in [2.75, 3.05) is 13.1 Å². The smallest absolute Gasteiger partial charge is 0.125 e. The molecule has 3 heteroatoms. The molecule has 0 atom stereocenters. The van der Waals surface area contributed by atoms with Gasteiger partial charge in [0.1, 0.15) is 5.82 Å². The molecule has 0 spiro atoms. The Labute approximate surface area is 120 Å². The fraction of sp³-hybridized carbons (Fsp3) is 0.529. The summed E-state index contributed by atoms with van der Waals surface area (Å²) < 4.78 is 15.6. The maximum Gasteiger partial charge on any atom is 0.125 e. The van der Waals surface area contributed by atoms with Crippen molar-refractivity contribution >= 4 is 10.9 Å². The minimum Gasteiger partial charge on any atom is -0.347 e. The van der Waals surface area contributed by atoms with Crippen molar-refractivity contribution in [2.24, 2.45) is 0 Å². The van der Waals surface area contributed by atoms with E-state index in [1.807, 2.05) is 6.07 Å². The quantitative estimate of drug-likeness (QED) is 0.815. The van der Waals surface area contributed by atoms with Gasteiger partial charge in [-0.2, -0.15) is 0 Å². The predicted molar refractivity (Wildman–Crippen MR) is 81.3 cm³/mol. The summed E-state index contributed by atoms with van der Waals surface area (Å²) in [4.78, 5) is 2.55. The van der Waals surface area contributed by atoms with Crippen molar-refractivity contribution in [3.05, 3.63) is 35.8 Å². The number of likely N-dealkylation sites (tertiary alicyclic amines) is 1. The van der Waals surface area contributed by atoms with Crippen LogP contribution in [0.3, 0.4) is 0 Å². The van der Waals surface area contributed by atoms with E-state index in [9.17, 15) is 4.39 Å². The summed E-state index contributed by atoms with van der Waals surface area (Å²) in [5.41, 5.74) is 2.36. The lowest BCUT2D eigenvalue weighted by Crippen LogP contribution is -2.23. The van der Waals surface area contributed by atoms with E-state index in [-0.39, 0.29) is 5.82 Å². The van der Waals surface area contributed by atoms with Gasteiger partial charge in [-0.25, -0.2) is 4.39 Å². The molecule has 0 radical (unpaired) electrons. The zero-order chi connectivity index (χ0) is 13.9. The Morgan fingerprint density at radius 2 is 1.85 bits per heavy atom. The highest BCUT2D eigenvalue weighted by Crippen LogP contribution is 2.24. The van der Waals surface area contributed by atoms with Crippen LogP contribution in [0, 0.1) is 5.82 Å². The van der Waals surface area contributed by atoms with E-state index in [0.29, 0.717) is 0 Å². The Bertz CT molecular complexity index is 580. The van der Waals surface area contributed by atoms with Gasteiger partial charge in [-0.3, -0.25) is 4.90 Å². The Morgan fingerprint density at radius 1 is 1.10 bits per heavy atom. The molecule has 2 aromatic rings. The number of fused-ring (bicyclic) bond motifs is 1. The summed E-state index contributed by atoms with van der Waals surface area (Å²) >= 11 is 0. The Kier molecular flexibility index (Phi) is 4.06. The lowest BCUT2D eigenvalue weighted by molar-refractivity contribution is 0.278. The third-order valence-electron chi connectivity index (χ3n) is 4.36. The van der Waals surface area contributed by atoms with Crippen LogP contribution in [0.1, 0.15) is 38.2 Å². The first-order chi connectivity index (χ1) is 9.78. The largest absolute Gasteiger partial charge is 0.347 e. The van der Waals surface area contributed by atoms with E-state index >= 15 is 0 Å². The van der Waals surface area contributed by atoms with Crippen LogP contribution in [0.2, 0.25) is 0 Å². The van der Waals surface area contributed by atoms with Gasteiger partial charge in [-0.05, 0) is 56.6 Å². The van der Waals surface area contributed by atoms with Crippen LogP contribution in [0.15, 0.2) is 24.4 Å². The number of halogens is 1. The van der Waals surface area contributed by atoms with Crippen molar-refractivity contribution in [1.82, 2.24) is 9.47 Å². The Hall–Kier alpha value is -1.35. The molecule has 0 amide bonds. The number of aryl methyl sites for hydroxylation is 1. The van der Waals surface area contributed by atoms with Gasteiger partial charge in [-0.1, -0.05) is 12.8 Å². The molecule has 2 heterocycles. The fourth-order valence-corrected chi connectivity index (χ4v) is 3.26. The van der Waals surface area contributed by atoms with Gasteiger partial charge in [0.05, 0.1) is 5.52 Å². The van der Waals surface area contributed by atoms with Crippen LogP contribution >= 0.6 is 0 Å². The summed E-state index contributed by atoms with van der Waals surface area (Å²) in [6.45, 7) is 6.38. The number of hydrogen-bond donors (Lipinski definition) is 0. The third kappa shape index (κ3) is 2.73. The SMILES string of the molecule is CCn1cc(CN2CCCCCC2)c2ccc(F)cc21. The molecule has 1 fully saturated rings. The Balaban J connectivity index is 1.90. The lowest BCUT2D eigenvalue weighted by Gasteiger charge is -2.19. The standard InChI is InChI=1S/C17H23FN2/c1-2-20-13-14(12-19-9-5-3-4-6-10-19)16-8-7-15(18)11-17(16)20/h7-8,11,13H,2-6,9-10,12H2,1H3. The van der Waals surface area contributed by atoms with Crippen LogP contribution in [0.5, 0.6) is 0 Å². The monoisotopic (exact) mass is 274 g/mol. The van der Waals surface area contributed by atoms with Gasteiger partial charge in [0.2, 0.25) is 0 Å². The maximum absolute atomic E-state index is 13.5. The summed E-state index contributed by atoms with van der Waals surface area (Å²) in [5.74, 6) is -0.147. The zero-order valence-corrected chi connectivity index (χ0v) is 12.2. The minimum absolute atomic E-state index is 0.147. The van der Waals surface area contributed by atoms with E-state index in [2.05, 4.69) is 22.6 Å². The molecule has 1 aliphatic heterocycles. The molecular formula is C17H23FN2. The molecule has 1 saturated heterocycles. The van der Waals surface area contributed by atoms with E-state index in [1.54, 1.807) is 12.1 Å². The summed E-state index contributed by atoms with van der Waals surface area (Å²) in [6, 6.07) is 5.17. The van der Waals surface area contributed by atoms with Gasteiger partial charge < -0.3 is 4.57 Å². The molecule has 0 bridgehead atoms. The van der Waals surface area contributed by atoms with Crippen LogP contribution in [0.25, 0.3) is 10.9 Å². The molecule has 1 aromatic heterocycles. The van der Waals surface area contributed by atoms with E-state index in [0.717, 1.165) is 18.6 Å². The number of rotatable bonds is 3. The minimum atomic E-state index is -0.147. The summed E-state index contributed by atoms with van der Waals surface area (Å²) in [7, 11) is 0. The lowest BCUT2D eigenvalue weighted by atomic mass is 10.1. The summed E-state index contributed by atoms with van der Waals surface area (Å²) in [6.07, 6.45) is 7.54. The molecule has 3 rings (SSSR count). The second-order valence-electron chi connectivity index (χ2n) is 5.79. The van der Waals surface area contributed by atoms with Gasteiger partial charge >= 0.3 is 0 Å². The maximum atomic E-state index is 13.5. The molecular weight excluding hydrogens is 251 g/mol. The van der Waals surface area contributed by atoms with E-state index in [4.69, 9.17) is 0 Å².